The van der Waals surface area contributed by atoms with Crippen molar-refractivity contribution in [3.8, 4) is 23.0 Å². The Morgan fingerprint density at radius 1 is 0.750 bits per heavy atom. The second-order valence-electron chi connectivity index (χ2n) is 7.60. The van der Waals surface area contributed by atoms with Crippen molar-refractivity contribution in [1.82, 2.24) is 0 Å². The zero-order chi connectivity index (χ0) is 25.3. The lowest BCUT2D eigenvalue weighted by atomic mass is 10.2. The van der Waals surface area contributed by atoms with E-state index in [0.29, 0.717) is 39.2 Å². The molecule has 0 aliphatic rings. The van der Waals surface area contributed by atoms with E-state index in [1.807, 2.05) is 30.3 Å². The average molecular weight is 503 g/mol. The minimum absolute atomic E-state index is 0.182. The summed E-state index contributed by atoms with van der Waals surface area (Å²) >= 11 is 6.10. The van der Waals surface area contributed by atoms with Gasteiger partial charge in [0.05, 0.1) is 12.1 Å². The van der Waals surface area contributed by atoms with E-state index in [1.165, 1.54) is 7.11 Å². The first kappa shape index (κ1) is 24.6. The predicted octanol–water partition coefficient (Wildman–Crippen LogP) is 6.41. The van der Waals surface area contributed by atoms with Crippen LogP contribution in [0.5, 0.6) is 23.0 Å². The van der Waals surface area contributed by atoms with Crippen molar-refractivity contribution in [1.29, 1.82) is 0 Å². The molecule has 2 N–H and O–H groups in total. The maximum atomic E-state index is 12.5. The molecule has 7 nitrogen and oxygen atoms in total. The Bertz CT molecular complexity index is 1330. The van der Waals surface area contributed by atoms with Crippen LogP contribution in [-0.4, -0.2) is 25.5 Å². The highest BCUT2D eigenvalue weighted by molar-refractivity contribution is 6.32. The summed E-state index contributed by atoms with van der Waals surface area (Å²) in [5, 5.41) is 5.94. The number of benzene rings is 4. The van der Waals surface area contributed by atoms with Gasteiger partial charge in [-0.05, 0) is 78.9 Å². The monoisotopic (exact) mass is 502 g/mol. The lowest BCUT2D eigenvalue weighted by Crippen LogP contribution is -2.20. The number of halogens is 1. The second kappa shape index (κ2) is 11.8. The van der Waals surface area contributed by atoms with Crippen LogP contribution in [0.15, 0.2) is 97.1 Å². The molecule has 0 fully saturated rings. The Labute approximate surface area is 213 Å². The molecule has 4 aromatic rings. The summed E-state index contributed by atoms with van der Waals surface area (Å²) < 4.78 is 16.4. The highest BCUT2D eigenvalue weighted by atomic mass is 35.5. The lowest BCUT2D eigenvalue weighted by Gasteiger charge is -2.10. The van der Waals surface area contributed by atoms with Crippen molar-refractivity contribution in [3.05, 3.63) is 108 Å². The first-order valence-corrected chi connectivity index (χ1v) is 11.4. The van der Waals surface area contributed by atoms with Crippen LogP contribution in [-0.2, 0) is 4.79 Å². The zero-order valence-electron chi connectivity index (χ0n) is 19.4. The first-order valence-electron chi connectivity index (χ1n) is 11.0. The van der Waals surface area contributed by atoms with E-state index >= 15 is 0 Å². The summed E-state index contributed by atoms with van der Waals surface area (Å²) in [6, 6.07) is 27.9. The van der Waals surface area contributed by atoms with Crippen LogP contribution < -0.4 is 24.8 Å². The topological polar surface area (TPSA) is 85.9 Å². The number of rotatable bonds is 9. The van der Waals surface area contributed by atoms with E-state index < -0.39 is 0 Å². The molecular formula is C28H23ClN2O5. The summed E-state index contributed by atoms with van der Waals surface area (Å²) in [4.78, 5) is 24.7. The molecule has 0 spiro atoms. The number of carbonyl (C=O) groups is 2. The van der Waals surface area contributed by atoms with Crippen LogP contribution in [0.1, 0.15) is 10.4 Å². The van der Waals surface area contributed by atoms with Gasteiger partial charge in [-0.1, -0.05) is 29.8 Å². The molecule has 36 heavy (non-hydrogen) atoms. The molecule has 0 atom stereocenters. The van der Waals surface area contributed by atoms with Crippen LogP contribution in [0.2, 0.25) is 5.02 Å². The maximum absolute atomic E-state index is 12.5. The van der Waals surface area contributed by atoms with Crippen molar-refractivity contribution in [2.45, 2.75) is 0 Å². The molecule has 0 unspecified atom stereocenters. The van der Waals surface area contributed by atoms with E-state index in [4.69, 9.17) is 25.8 Å². The van der Waals surface area contributed by atoms with Gasteiger partial charge in [0.15, 0.2) is 6.61 Å². The van der Waals surface area contributed by atoms with Crippen LogP contribution in [0.3, 0.4) is 0 Å². The minimum atomic E-state index is -0.315. The number of anilines is 2. The highest BCUT2D eigenvalue weighted by Crippen LogP contribution is 2.27. The standard InChI is InChI=1S/C28H23ClN2O5/c1-34-26-16-11-21(17-25(26)29)31-28(33)19-7-12-22(13-8-19)35-18-27(32)30-20-9-14-24(15-10-20)36-23-5-3-2-4-6-23/h2-17H,18H2,1H3,(H,30,32)(H,31,33). The molecule has 0 radical (unpaired) electrons. The summed E-state index contributed by atoms with van der Waals surface area (Å²) in [6.07, 6.45) is 0. The third-order valence-electron chi connectivity index (χ3n) is 5.01. The first-order chi connectivity index (χ1) is 17.5. The summed E-state index contributed by atoms with van der Waals surface area (Å²) in [7, 11) is 1.52. The number of para-hydroxylation sites is 1. The Balaban J connectivity index is 1.25. The quantitative estimate of drug-likeness (QED) is 0.276. The van der Waals surface area contributed by atoms with Crippen LogP contribution >= 0.6 is 11.6 Å². The molecular weight excluding hydrogens is 480 g/mol. The average Bonchev–Trinajstić information content (AvgIpc) is 2.90. The number of carbonyl (C=O) groups excluding carboxylic acids is 2. The smallest absolute Gasteiger partial charge is 0.262 e. The van der Waals surface area contributed by atoms with E-state index in [1.54, 1.807) is 66.7 Å². The van der Waals surface area contributed by atoms with Gasteiger partial charge < -0.3 is 24.8 Å². The van der Waals surface area contributed by atoms with Gasteiger partial charge in [0.2, 0.25) is 0 Å². The van der Waals surface area contributed by atoms with Crippen LogP contribution in [0, 0.1) is 0 Å². The van der Waals surface area contributed by atoms with Gasteiger partial charge in [0, 0.05) is 16.9 Å². The van der Waals surface area contributed by atoms with Gasteiger partial charge in [-0.2, -0.15) is 0 Å². The molecule has 0 heterocycles. The fourth-order valence-corrected chi connectivity index (χ4v) is 3.48. The van der Waals surface area contributed by atoms with Crippen molar-refractivity contribution in [2.75, 3.05) is 24.4 Å². The van der Waals surface area contributed by atoms with Crippen molar-refractivity contribution in [3.63, 3.8) is 0 Å². The molecule has 0 saturated heterocycles. The Hall–Kier alpha value is -4.49. The van der Waals surface area contributed by atoms with Gasteiger partial charge in [0.25, 0.3) is 11.8 Å². The van der Waals surface area contributed by atoms with Crippen molar-refractivity contribution >= 4 is 34.8 Å². The summed E-state index contributed by atoms with van der Waals surface area (Å²) in [5.74, 6) is 1.76. The van der Waals surface area contributed by atoms with Gasteiger partial charge >= 0.3 is 0 Å². The minimum Gasteiger partial charge on any atom is -0.495 e. The largest absolute Gasteiger partial charge is 0.495 e. The fraction of sp³-hybridized carbons (Fsp3) is 0.0714. The molecule has 0 saturated carbocycles. The summed E-state index contributed by atoms with van der Waals surface area (Å²) in [6.45, 7) is -0.182. The fourth-order valence-electron chi connectivity index (χ4n) is 3.23. The van der Waals surface area contributed by atoms with E-state index in [9.17, 15) is 9.59 Å². The van der Waals surface area contributed by atoms with Crippen molar-refractivity contribution < 1.29 is 23.8 Å². The van der Waals surface area contributed by atoms with Gasteiger partial charge in [-0.25, -0.2) is 0 Å². The maximum Gasteiger partial charge on any atom is 0.262 e. The van der Waals surface area contributed by atoms with Gasteiger partial charge in [-0.3, -0.25) is 9.59 Å². The predicted molar refractivity (Wildman–Crippen MR) is 139 cm³/mol. The summed E-state index contributed by atoms with van der Waals surface area (Å²) in [5.41, 5.74) is 1.59. The molecule has 2 amide bonds. The van der Waals surface area contributed by atoms with E-state index in [2.05, 4.69) is 10.6 Å². The van der Waals surface area contributed by atoms with E-state index in [-0.39, 0.29) is 18.4 Å². The number of amides is 2. The number of ether oxygens (including phenoxy) is 3. The molecule has 4 rings (SSSR count). The number of nitrogens with one attached hydrogen (secondary N) is 2. The van der Waals surface area contributed by atoms with Crippen molar-refractivity contribution in [2.24, 2.45) is 0 Å². The third kappa shape index (κ3) is 6.77. The van der Waals surface area contributed by atoms with Crippen LogP contribution in [0.25, 0.3) is 0 Å². The molecule has 0 aromatic heterocycles. The Kier molecular flexibility index (Phi) is 8.05. The zero-order valence-corrected chi connectivity index (χ0v) is 20.1. The van der Waals surface area contributed by atoms with Gasteiger partial charge in [0.1, 0.15) is 23.0 Å². The number of hydrogen-bond donors (Lipinski definition) is 2. The normalized spacial score (nSPS) is 10.3. The molecule has 0 aliphatic heterocycles. The molecule has 0 aliphatic carbocycles. The van der Waals surface area contributed by atoms with Gasteiger partial charge in [-0.15, -0.1) is 0 Å². The second-order valence-corrected chi connectivity index (χ2v) is 8.01. The SMILES string of the molecule is COc1ccc(NC(=O)c2ccc(OCC(=O)Nc3ccc(Oc4ccccc4)cc3)cc2)cc1Cl. The number of hydrogen-bond acceptors (Lipinski definition) is 5. The Morgan fingerprint density at radius 3 is 2.06 bits per heavy atom. The molecule has 8 heteroatoms. The van der Waals surface area contributed by atoms with Crippen LogP contribution in [0.4, 0.5) is 11.4 Å². The lowest BCUT2D eigenvalue weighted by molar-refractivity contribution is -0.118. The molecule has 4 aromatic carbocycles. The molecule has 182 valence electrons. The highest BCUT2D eigenvalue weighted by Gasteiger charge is 2.10. The number of methoxy groups -OCH3 is 1. The third-order valence-corrected chi connectivity index (χ3v) is 5.31. The molecule has 0 bridgehead atoms. The Morgan fingerprint density at radius 2 is 1.39 bits per heavy atom. The van der Waals surface area contributed by atoms with E-state index in [0.717, 1.165) is 5.75 Å².